The summed E-state index contributed by atoms with van der Waals surface area (Å²) < 4.78 is 0. The predicted octanol–water partition coefficient (Wildman–Crippen LogP) is 2.53. The molecule has 1 aromatic heterocycles. The van der Waals surface area contributed by atoms with Gasteiger partial charge in [-0.15, -0.1) is 0 Å². The van der Waals surface area contributed by atoms with Crippen molar-refractivity contribution in [2.45, 2.75) is 6.42 Å². The fourth-order valence-corrected chi connectivity index (χ4v) is 2.54. The lowest BCUT2D eigenvalue weighted by Crippen LogP contribution is -2.00. The van der Waals surface area contributed by atoms with Crippen LogP contribution in [0, 0.1) is 0 Å². The molecular formula is C13H9N3. The number of nitrogens with one attached hydrogen (secondary N) is 1. The number of aromatic amines is 1. The molecule has 0 bridgehead atoms. The lowest BCUT2D eigenvalue weighted by molar-refractivity contribution is 0.918. The van der Waals surface area contributed by atoms with Gasteiger partial charge in [-0.2, -0.15) is 15.4 Å². The molecule has 16 heavy (non-hydrogen) atoms. The number of nitrogens with zero attached hydrogens (tertiary/aromatic N) is 2. The van der Waals surface area contributed by atoms with Gasteiger partial charge >= 0.3 is 0 Å². The van der Waals surface area contributed by atoms with E-state index in [2.05, 4.69) is 51.8 Å². The summed E-state index contributed by atoms with van der Waals surface area (Å²) in [5, 5.41) is 13.8. The molecule has 3 aromatic rings. The summed E-state index contributed by atoms with van der Waals surface area (Å²) in [6.45, 7) is 0. The van der Waals surface area contributed by atoms with Crippen molar-refractivity contribution in [3.63, 3.8) is 0 Å². The maximum atomic E-state index is 4.24. The smallest absolute Gasteiger partial charge is 0.116 e. The van der Waals surface area contributed by atoms with Crippen LogP contribution < -0.4 is 0 Å². The van der Waals surface area contributed by atoms with Crippen LogP contribution in [0.5, 0.6) is 0 Å². The minimum absolute atomic E-state index is 0.875. The molecule has 1 aliphatic carbocycles. The first-order chi connectivity index (χ1) is 7.93. The molecule has 3 nitrogen and oxygen atoms in total. The first-order valence-corrected chi connectivity index (χ1v) is 5.34. The lowest BCUT2D eigenvalue weighted by atomic mass is 9.89. The maximum absolute atomic E-state index is 4.24. The Balaban J connectivity index is 2.25. The number of benzene rings is 2. The second-order valence-corrected chi connectivity index (χ2v) is 4.12. The normalized spacial score (nSPS) is 12.8. The van der Waals surface area contributed by atoms with Gasteiger partial charge in [-0.25, -0.2) is 0 Å². The zero-order valence-electron chi connectivity index (χ0n) is 8.57. The predicted molar refractivity (Wildman–Crippen MR) is 62.1 cm³/mol. The van der Waals surface area contributed by atoms with E-state index < -0.39 is 0 Å². The van der Waals surface area contributed by atoms with E-state index in [1.807, 2.05) is 0 Å². The molecule has 0 unspecified atom stereocenters. The van der Waals surface area contributed by atoms with Crippen LogP contribution in [0.2, 0.25) is 0 Å². The molecule has 0 amide bonds. The van der Waals surface area contributed by atoms with E-state index in [4.69, 9.17) is 0 Å². The van der Waals surface area contributed by atoms with Crippen LogP contribution in [0.15, 0.2) is 36.4 Å². The van der Waals surface area contributed by atoms with Gasteiger partial charge in [0.25, 0.3) is 0 Å². The van der Waals surface area contributed by atoms with Crippen molar-refractivity contribution < 1.29 is 0 Å². The molecular weight excluding hydrogens is 198 g/mol. The monoisotopic (exact) mass is 207 g/mol. The van der Waals surface area contributed by atoms with Crippen molar-refractivity contribution >= 4 is 10.8 Å². The highest BCUT2D eigenvalue weighted by atomic mass is 15.3. The first-order valence-electron chi connectivity index (χ1n) is 5.34. The largest absolute Gasteiger partial charge is 0.197 e. The van der Waals surface area contributed by atoms with E-state index in [0.717, 1.165) is 17.8 Å². The average molecular weight is 207 g/mol. The van der Waals surface area contributed by atoms with Crippen molar-refractivity contribution in [3.8, 4) is 11.3 Å². The van der Waals surface area contributed by atoms with Crippen molar-refractivity contribution in [1.82, 2.24) is 15.4 Å². The Kier molecular flexibility index (Phi) is 1.36. The van der Waals surface area contributed by atoms with Gasteiger partial charge in [0.1, 0.15) is 5.69 Å². The van der Waals surface area contributed by atoms with E-state index in [-0.39, 0.29) is 0 Å². The number of hydrogen-bond donors (Lipinski definition) is 1. The Morgan fingerprint density at radius 3 is 2.81 bits per heavy atom. The van der Waals surface area contributed by atoms with E-state index in [1.165, 1.54) is 21.9 Å². The fourth-order valence-electron chi connectivity index (χ4n) is 2.54. The van der Waals surface area contributed by atoms with Crippen LogP contribution in [-0.4, -0.2) is 15.4 Å². The molecule has 0 spiro atoms. The molecule has 0 saturated carbocycles. The Hall–Kier alpha value is -2.16. The summed E-state index contributed by atoms with van der Waals surface area (Å²) in [5.74, 6) is 0. The molecule has 4 rings (SSSR count). The molecule has 1 heterocycles. The average Bonchev–Trinajstić information content (AvgIpc) is 2.78. The third kappa shape index (κ3) is 0.877. The summed E-state index contributed by atoms with van der Waals surface area (Å²) in [6.07, 6.45) is 0.875. The van der Waals surface area contributed by atoms with Crippen LogP contribution in [0.4, 0.5) is 0 Å². The molecule has 3 heteroatoms. The molecule has 0 saturated heterocycles. The SMILES string of the molecule is c1cc2c3c(cccc3c1)-c1n[nH]nc1C2. The van der Waals surface area contributed by atoms with Crippen LogP contribution in [0.25, 0.3) is 22.0 Å². The fraction of sp³-hybridized carbons (Fsp3) is 0.0769. The Morgan fingerprint density at radius 2 is 1.88 bits per heavy atom. The highest BCUT2D eigenvalue weighted by Crippen LogP contribution is 2.36. The molecule has 0 radical (unpaired) electrons. The summed E-state index contributed by atoms with van der Waals surface area (Å²) in [6, 6.07) is 12.8. The molecule has 76 valence electrons. The van der Waals surface area contributed by atoms with Crippen molar-refractivity contribution in [3.05, 3.63) is 47.7 Å². The summed E-state index contributed by atoms with van der Waals surface area (Å²) in [4.78, 5) is 0. The van der Waals surface area contributed by atoms with Gasteiger partial charge in [0.2, 0.25) is 0 Å². The minimum Gasteiger partial charge on any atom is -0.197 e. The molecule has 2 aromatic carbocycles. The number of rotatable bonds is 0. The van der Waals surface area contributed by atoms with Gasteiger partial charge in [0.05, 0.1) is 5.69 Å². The van der Waals surface area contributed by atoms with Gasteiger partial charge in [-0.3, -0.25) is 0 Å². The lowest BCUT2D eigenvalue weighted by Gasteiger charge is -2.15. The van der Waals surface area contributed by atoms with Crippen molar-refractivity contribution in [2.24, 2.45) is 0 Å². The molecule has 0 aliphatic heterocycles. The summed E-state index contributed by atoms with van der Waals surface area (Å²) in [7, 11) is 0. The standard InChI is InChI=1S/C13H9N3/c1-3-8-4-2-6-10-12(8)9(5-1)7-11-13(10)15-16-14-11/h1-6H,7H2,(H,14,15,16). The second kappa shape index (κ2) is 2.70. The van der Waals surface area contributed by atoms with E-state index in [1.54, 1.807) is 0 Å². The number of aromatic nitrogens is 3. The van der Waals surface area contributed by atoms with E-state index >= 15 is 0 Å². The van der Waals surface area contributed by atoms with Crippen LogP contribution >= 0.6 is 0 Å². The third-order valence-electron chi connectivity index (χ3n) is 3.22. The number of fused-ring (bicyclic) bond motifs is 2. The highest BCUT2D eigenvalue weighted by molar-refractivity contribution is 6.00. The molecule has 1 N–H and O–H groups in total. The Bertz CT molecular complexity index is 692. The van der Waals surface area contributed by atoms with Crippen LogP contribution in [0.1, 0.15) is 11.3 Å². The van der Waals surface area contributed by atoms with E-state index in [9.17, 15) is 0 Å². The number of hydrogen-bond acceptors (Lipinski definition) is 2. The Morgan fingerprint density at radius 1 is 1.00 bits per heavy atom. The van der Waals surface area contributed by atoms with Crippen molar-refractivity contribution in [2.75, 3.05) is 0 Å². The first kappa shape index (κ1) is 8.05. The molecule has 1 aliphatic rings. The molecule has 0 fully saturated rings. The van der Waals surface area contributed by atoms with Crippen LogP contribution in [0.3, 0.4) is 0 Å². The van der Waals surface area contributed by atoms with Gasteiger partial charge in [-0.05, 0) is 16.3 Å². The third-order valence-corrected chi connectivity index (χ3v) is 3.22. The zero-order chi connectivity index (χ0) is 10.5. The highest BCUT2D eigenvalue weighted by Gasteiger charge is 2.20. The van der Waals surface area contributed by atoms with Gasteiger partial charge in [0, 0.05) is 12.0 Å². The quantitative estimate of drug-likeness (QED) is 0.481. The van der Waals surface area contributed by atoms with Crippen LogP contribution in [-0.2, 0) is 6.42 Å². The van der Waals surface area contributed by atoms with Crippen molar-refractivity contribution in [1.29, 1.82) is 0 Å². The Labute approximate surface area is 92.1 Å². The summed E-state index contributed by atoms with van der Waals surface area (Å²) in [5.41, 5.74) is 4.59. The molecule has 0 atom stereocenters. The minimum atomic E-state index is 0.875. The van der Waals surface area contributed by atoms with Gasteiger partial charge in [-0.1, -0.05) is 36.4 Å². The number of H-pyrrole nitrogens is 1. The van der Waals surface area contributed by atoms with Gasteiger partial charge in [0.15, 0.2) is 0 Å². The second-order valence-electron chi connectivity index (χ2n) is 4.12. The summed E-state index contributed by atoms with van der Waals surface area (Å²) >= 11 is 0. The van der Waals surface area contributed by atoms with Gasteiger partial charge < -0.3 is 0 Å². The maximum Gasteiger partial charge on any atom is 0.116 e. The van der Waals surface area contributed by atoms with E-state index in [0.29, 0.717) is 0 Å². The zero-order valence-corrected chi connectivity index (χ0v) is 8.57. The topological polar surface area (TPSA) is 41.6 Å².